The minimum Gasteiger partial charge on any atom is -0.0656 e. The zero-order chi connectivity index (χ0) is 15.9. The highest BCUT2D eigenvalue weighted by atomic mass is 28.3. The quantitative estimate of drug-likeness (QED) is 0.610. The highest BCUT2D eigenvalue weighted by Crippen LogP contribution is 2.14. The lowest BCUT2D eigenvalue weighted by molar-refractivity contribution is 1.00. The van der Waals surface area contributed by atoms with E-state index in [0.717, 1.165) is 14.7 Å². The summed E-state index contributed by atoms with van der Waals surface area (Å²) in [5, 5.41) is 5.26. The van der Waals surface area contributed by atoms with E-state index in [2.05, 4.69) is 97.9 Å². The van der Waals surface area contributed by atoms with Gasteiger partial charge in [-0.05, 0) is 5.16 Å². The molecule has 0 N–H and O–H groups in total. The van der Waals surface area contributed by atoms with E-state index in [1.54, 1.807) is 0 Å². The van der Waals surface area contributed by atoms with E-state index in [0.29, 0.717) is 0 Å². The van der Waals surface area contributed by atoms with Gasteiger partial charge in [-0.2, -0.15) is 0 Å². The molecule has 3 radical (unpaired) electrons. The van der Waals surface area contributed by atoms with Gasteiger partial charge in [0, 0.05) is 0 Å². The third-order valence-electron chi connectivity index (χ3n) is 4.04. The summed E-state index contributed by atoms with van der Waals surface area (Å²) in [6, 6.07) is 33.2. The SMILES string of the molecule is CCC([Si]c1ccccc1)[Si](c1ccccc1)c1ccccc1. The van der Waals surface area contributed by atoms with Gasteiger partial charge in [0.2, 0.25) is 0 Å². The molecule has 23 heavy (non-hydrogen) atoms. The lowest BCUT2D eigenvalue weighted by Crippen LogP contribution is -2.49. The molecular weight excluding hydrogens is 308 g/mol. The molecule has 3 rings (SSSR count). The molecule has 113 valence electrons. The number of rotatable bonds is 6. The number of hydrogen-bond acceptors (Lipinski definition) is 0. The van der Waals surface area contributed by atoms with Crippen LogP contribution in [0.4, 0.5) is 0 Å². The highest BCUT2D eigenvalue weighted by molar-refractivity contribution is 6.93. The Morgan fingerprint density at radius 2 is 1.13 bits per heavy atom. The predicted octanol–water partition coefficient (Wildman–Crippen LogP) is 3.06. The van der Waals surface area contributed by atoms with Crippen LogP contribution in [0.2, 0.25) is 5.16 Å². The summed E-state index contributed by atoms with van der Waals surface area (Å²) in [5.41, 5.74) is 0. The molecule has 0 aromatic heterocycles. The maximum atomic E-state index is 2.34. The van der Waals surface area contributed by atoms with Gasteiger partial charge in [0.15, 0.2) is 0 Å². The fourth-order valence-corrected chi connectivity index (χ4v) is 8.64. The Morgan fingerprint density at radius 3 is 1.57 bits per heavy atom. The monoisotopic (exact) mass is 329 g/mol. The van der Waals surface area contributed by atoms with Gasteiger partial charge in [0.1, 0.15) is 8.80 Å². The van der Waals surface area contributed by atoms with Crippen LogP contribution in [0.1, 0.15) is 13.3 Å². The van der Waals surface area contributed by atoms with Crippen LogP contribution in [0, 0.1) is 0 Å². The van der Waals surface area contributed by atoms with E-state index in [9.17, 15) is 0 Å². The van der Waals surface area contributed by atoms with Crippen molar-refractivity contribution in [1.82, 2.24) is 0 Å². The molecule has 0 bridgehead atoms. The van der Waals surface area contributed by atoms with Crippen LogP contribution in [-0.2, 0) is 0 Å². The van der Waals surface area contributed by atoms with E-state index < -0.39 is 8.80 Å². The van der Waals surface area contributed by atoms with E-state index >= 15 is 0 Å². The Kier molecular flexibility index (Phi) is 5.62. The Balaban J connectivity index is 1.96. The molecule has 0 fully saturated rings. The van der Waals surface area contributed by atoms with Gasteiger partial charge in [0.25, 0.3) is 0 Å². The van der Waals surface area contributed by atoms with Crippen LogP contribution < -0.4 is 15.6 Å². The fourth-order valence-electron chi connectivity index (χ4n) is 2.92. The van der Waals surface area contributed by atoms with Crippen molar-refractivity contribution in [1.29, 1.82) is 0 Å². The molecule has 2 heteroatoms. The third-order valence-corrected chi connectivity index (χ3v) is 9.78. The molecule has 1 atom stereocenters. The van der Waals surface area contributed by atoms with Crippen molar-refractivity contribution in [2.45, 2.75) is 18.5 Å². The maximum absolute atomic E-state index is 2.34. The van der Waals surface area contributed by atoms with Gasteiger partial charge >= 0.3 is 0 Å². The number of hydrogen-bond donors (Lipinski definition) is 0. The average Bonchev–Trinajstić information content (AvgIpc) is 2.64. The average molecular weight is 330 g/mol. The van der Waals surface area contributed by atoms with Gasteiger partial charge in [-0.3, -0.25) is 0 Å². The molecule has 0 aliphatic rings. The van der Waals surface area contributed by atoms with Gasteiger partial charge in [0.05, 0.1) is 9.52 Å². The molecule has 1 unspecified atom stereocenters. The summed E-state index contributed by atoms with van der Waals surface area (Å²) in [5.74, 6) is 0. The molecular formula is C21H21Si2. The van der Waals surface area contributed by atoms with Crippen molar-refractivity contribution >= 4 is 33.9 Å². The van der Waals surface area contributed by atoms with Gasteiger partial charge in [-0.1, -0.05) is 120 Å². The largest absolute Gasteiger partial charge is 0.121 e. The first-order valence-corrected chi connectivity index (χ1v) is 10.8. The van der Waals surface area contributed by atoms with Crippen LogP contribution in [0.15, 0.2) is 91.0 Å². The first-order chi connectivity index (χ1) is 11.4. The van der Waals surface area contributed by atoms with Crippen molar-refractivity contribution in [3.05, 3.63) is 91.0 Å². The summed E-state index contributed by atoms with van der Waals surface area (Å²) in [6.07, 6.45) is 1.23. The summed E-state index contributed by atoms with van der Waals surface area (Å²) >= 11 is 0. The van der Waals surface area contributed by atoms with Crippen LogP contribution in [0.3, 0.4) is 0 Å². The van der Waals surface area contributed by atoms with Crippen molar-refractivity contribution in [2.24, 2.45) is 0 Å². The molecule has 3 aromatic carbocycles. The van der Waals surface area contributed by atoms with E-state index in [4.69, 9.17) is 0 Å². The van der Waals surface area contributed by atoms with Crippen LogP contribution in [0.5, 0.6) is 0 Å². The molecule has 3 aromatic rings. The molecule has 0 spiro atoms. The Bertz CT molecular complexity index is 656. The molecule has 0 saturated carbocycles. The van der Waals surface area contributed by atoms with Gasteiger partial charge in [-0.15, -0.1) is 0 Å². The molecule has 0 aliphatic carbocycles. The van der Waals surface area contributed by atoms with Crippen molar-refractivity contribution in [3.8, 4) is 0 Å². The minimum atomic E-state index is -0.774. The standard InChI is InChI=1S/C21H21Si2/c1-2-21(22-18-12-6-3-7-13-18)23(19-14-8-4-9-15-19)20-16-10-5-11-17-20/h3-17,21H,2H2,1H3. The Labute approximate surface area is 143 Å². The first kappa shape index (κ1) is 16.0. The third kappa shape index (κ3) is 4.09. The predicted molar refractivity (Wildman–Crippen MR) is 104 cm³/mol. The van der Waals surface area contributed by atoms with Crippen LogP contribution in [0.25, 0.3) is 0 Å². The van der Waals surface area contributed by atoms with Gasteiger partial charge in [-0.25, -0.2) is 0 Å². The summed E-state index contributed by atoms with van der Waals surface area (Å²) in [4.78, 5) is 0. The Hall–Kier alpha value is -1.91. The topological polar surface area (TPSA) is 0 Å². The van der Waals surface area contributed by atoms with Crippen molar-refractivity contribution in [2.75, 3.05) is 0 Å². The summed E-state index contributed by atoms with van der Waals surface area (Å²) in [6.45, 7) is 2.34. The van der Waals surface area contributed by atoms with E-state index in [1.165, 1.54) is 22.0 Å². The highest BCUT2D eigenvalue weighted by Gasteiger charge is 2.26. The normalized spacial score (nSPS) is 12.3. The zero-order valence-electron chi connectivity index (χ0n) is 13.4. The molecule has 0 aliphatic heterocycles. The lowest BCUT2D eigenvalue weighted by Gasteiger charge is -2.25. The zero-order valence-corrected chi connectivity index (χ0v) is 15.4. The van der Waals surface area contributed by atoms with Crippen molar-refractivity contribution < 1.29 is 0 Å². The smallest absolute Gasteiger partial charge is 0.0656 e. The molecule has 0 heterocycles. The molecule has 0 amide bonds. The summed E-state index contributed by atoms with van der Waals surface area (Å²) < 4.78 is 0. The van der Waals surface area contributed by atoms with E-state index in [-0.39, 0.29) is 0 Å². The first-order valence-electron chi connectivity index (χ1n) is 8.17. The number of benzene rings is 3. The Morgan fingerprint density at radius 1 is 0.696 bits per heavy atom. The van der Waals surface area contributed by atoms with E-state index in [1.807, 2.05) is 0 Å². The lowest BCUT2D eigenvalue weighted by atomic mass is 10.4. The molecule has 0 saturated heterocycles. The second-order valence-corrected chi connectivity index (χ2v) is 10.4. The second-order valence-electron chi connectivity index (χ2n) is 5.62. The fraction of sp³-hybridized carbons (Fsp3) is 0.143. The van der Waals surface area contributed by atoms with Gasteiger partial charge < -0.3 is 0 Å². The van der Waals surface area contributed by atoms with Crippen LogP contribution in [-0.4, -0.2) is 18.3 Å². The molecule has 0 nitrogen and oxygen atoms in total. The second kappa shape index (κ2) is 8.09. The minimum absolute atomic E-state index is 0.729. The maximum Gasteiger partial charge on any atom is 0.121 e. The van der Waals surface area contributed by atoms with Crippen LogP contribution >= 0.6 is 0 Å². The summed E-state index contributed by atoms with van der Waals surface area (Å²) in [7, 11) is 0.0980. The van der Waals surface area contributed by atoms with Crippen molar-refractivity contribution in [3.63, 3.8) is 0 Å².